The summed E-state index contributed by atoms with van der Waals surface area (Å²) in [7, 11) is -2.15. The number of aryl methyl sites for hydroxylation is 1. The van der Waals surface area contributed by atoms with E-state index in [2.05, 4.69) is 5.32 Å². The van der Waals surface area contributed by atoms with Gasteiger partial charge in [0, 0.05) is 11.1 Å². The number of halogens is 1. The topological polar surface area (TPSA) is 84.9 Å². The highest BCUT2D eigenvalue weighted by Crippen LogP contribution is 2.28. The molecular weight excluding hydrogens is 416 g/mol. The highest BCUT2D eigenvalue weighted by atomic mass is 35.5. The smallest absolute Gasteiger partial charge is 0.243 e. The van der Waals surface area contributed by atoms with Gasteiger partial charge in [-0.25, -0.2) is 8.42 Å². The Morgan fingerprint density at radius 2 is 1.90 bits per heavy atom. The number of carbonyl (C=O) groups excluding carboxylic acids is 1. The van der Waals surface area contributed by atoms with Crippen LogP contribution in [0.15, 0.2) is 42.5 Å². The molecule has 0 spiro atoms. The Morgan fingerprint density at radius 3 is 2.55 bits per heavy atom. The van der Waals surface area contributed by atoms with Gasteiger partial charge in [-0.1, -0.05) is 23.7 Å². The molecule has 0 saturated carbocycles. The predicted octanol–water partition coefficient (Wildman–Crippen LogP) is 3.01. The number of benzene rings is 2. The molecule has 1 atom stereocenters. The Bertz CT molecular complexity index is 965. The zero-order valence-corrected chi connectivity index (χ0v) is 18.4. The predicted molar refractivity (Wildman–Crippen MR) is 114 cm³/mol. The van der Waals surface area contributed by atoms with E-state index in [1.807, 2.05) is 0 Å². The van der Waals surface area contributed by atoms with E-state index in [1.54, 1.807) is 50.4 Å². The van der Waals surface area contributed by atoms with Crippen LogP contribution in [0.4, 0.5) is 5.69 Å². The number of methoxy groups -OCH3 is 1. The van der Waals surface area contributed by atoms with E-state index in [9.17, 15) is 13.2 Å². The highest BCUT2D eigenvalue weighted by molar-refractivity contribution is 7.92. The van der Waals surface area contributed by atoms with Gasteiger partial charge in [-0.2, -0.15) is 0 Å². The average molecular weight is 441 g/mol. The molecule has 7 nitrogen and oxygen atoms in total. The number of amides is 1. The van der Waals surface area contributed by atoms with Crippen molar-refractivity contribution in [2.24, 2.45) is 0 Å². The van der Waals surface area contributed by atoms with Crippen molar-refractivity contribution in [2.45, 2.75) is 19.9 Å². The van der Waals surface area contributed by atoms with Crippen LogP contribution >= 0.6 is 11.6 Å². The number of nitrogens with zero attached hydrogens (tertiary/aromatic N) is 1. The van der Waals surface area contributed by atoms with Crippen molar-refractivity contribution >= 4 is 33.2 Å². The average Bonchev–Trinajstić information content (AvgIpc) is 2.67. The third kappa shape index (κ3) is 6.27. The number of carbonyl (C=O) groups is 1. The van der Waals surface area contributed by atoms with E-state index in [0.717, 1.165) is 10.6 Å². The molecule has 29 heavy (non-hydrogen) atoms. The van der Waals surface area contributed by atoms with E-state index in [0.29, 0.717) is 27.8 Å². The van der Waals surface area contributed by atoms with Gasteiger partial charge in [0.15, 0.2) is 0 Å². The third-order valence-electron chi connectivity index (χ3n) is 4.21. The van der Waals surface area contributed by atoms with Crippen molar-refractivity contribution < 1.29 is 22.7 Å². The lowest BCUT2D eigenvalue weighted by Gasteiger charge is -2.29. The van der Waals surface area contributed by atoms with Crippen LogP contribution in [-0.4, -0.2) is 46.9 Å². The van der Waals surface area contributed by atoms with Gasteiger partial charge >= 0.3 is 0 Å². The minimum Gasteiger partial charge on any atom is -0.497 e. The molecule has 0 unspecified atom stereocenters. The molecule has 158 valence electrons. The molecule has 0 aromatic heterocycles. The van der Waals surface area contributed by atoms with Crippen LogP contribution in [0.5, 0.6) is 11.5 Å². The van der Waals surface area contributed by atoms with E-state index in [-0.39, 0.29) is 13.2 Å². The van der Waals surface area contributed by atoms with Crippen LogP contribution in [0.1, 0.15) is 12.5 Å². The first-order valence-electron chi connectivity index (χ1n) is 8.93. The van der Waals surface area contributed by atoms with Gasteiger partial charge in [-0.15, -0.1) is 0 Å². The SMILES string of the molecule is COc1cccc(OCCNC(=O)[C@H](C)N(c2cc(Cl)ccc2C)S(C)(=O)=O)c1. The second kappa shape index (κ2) is 9.84. The molecule has 2 aromatic carbocycles. The van der Waals surface area contributed by atoms with Crippen molar-refractivity contribution in [3.63, 3.8) is 0 Å². The van der Waals surface area contributed by atoms with E-state index in [1.165, 1.54) is 13.0 Å². The molecule has 0 aliphatic heterocycles. The van der Waals surface area contributed by atoms with Crippen LogP contribution in [0, 0.1) is 6.92 Å². The van der Waals surface area contributed by atoms with Crippen LogP contribution in [0.25, 0.3) is 0 Å². The Balaban J connectivity index is 2.03. The first-order chi connectivity index (χ1) is 13.6. The van der Waals surface area contributed by atoms with Gasteiger partial charge < -0.3 is 14.8 Å². The Labute approximate surface area is 176 Å². The highest BCUT2D eigenvalue weighted by Gasteiger charge is 2.30. The summed E-state index contributed by atoms with van der Waals surface area (Å²) in [5, 5.41) is 3.09. The molecule has 1 amide bonds. The Morgan fingerprint density at radius 1 is 1.21 bits per heavy atom. The van der Waals surface area contributed by atoms with E-state index < -0.39 is 22.0 Å². The molecule has 0 heterocycles. The summed E-state index contributed by atoms with van der Waals surface area (Å²) in [4.78, 5) is 12.6. The summed E-state index contributed by atoms with van der Waals surface area (Å²) in [5.74, 6) is 0.837. The fraction of sp³-hybridized carbons (Fsp3) is 0.350. The van der Waals surface area contributed by atoms with Crippen LogP contribution < -0.4 is 19.1 Å². The van der Waals surface area contributed by atoms with Gasteiger partial charge in [-0.3, -0.25) is 9.10 Å². The molecule has 0 saturated heterocycles. The van der Waals surface area contributed by atoms with Crippen molar-refractivity contribution in [2.75, 3.05) is 30.8 Å². The summed E-state index contributed by atoms with van der Waals surface area (Å²) in [6.45, 7) is 3.73. The maximum absolute atomic E-state index is 12.6. The van der Waals surface area contributed by atoms with Gasteiger partial charge in [0.25, 0.3) is 0 Å². The zero-order valence-electron chi connectivity index (χ0n) is 16.8. The lowest BCUT2D eigenvalue weighted by Crippen LogP contribution is -2.48. The molecule has 1 N–H and O–H groups in total. The van der Waals surface area contributed by atoms with Crippen molar-refractivity contribution in [3.05, 3.63) is 53.1 Å². The fourth-order valence-corrected chi connectivity index (χ4v) is 4.17. The molecule has 0 aliphatic carbocycles. The van der Waals surface area contributed by atoms with Crippen LogP contribution in [0.3, 0.4) is 0 Å². The molecule has 0 aliphatic rings. The lowest BCUT2D eigenvalue weighted by atomic mass is 10.2. The first-order valence-corrected chi connectivity index (χ1v) is 11.2. The second-order valence-electron chi connectivity index (χ2n) is 6.48. The van der Waals surface area contributed by atoms with E-state index >= 15 is 0 Å². The molecule has 2 aromatic rings. The first kappa shape index (κ1) is 22.8. The number of nitrogens with one attached hydrogen (secondary N) is 1. The summed E-state index contributed by atoms with van der Waals surface area (Å²) < 4.78 is 36.6. The van der Waals surface area contributed by atoms with Crippen molar-refractivity contribution in [3.8, 4) is 11.5 Å². The maximum atomic E-state index is 12.6. The quantitative estimate of drug-likeness (QED) is 0.606. The number of hydrogen-bond acceptors (Lipinski definition) is 5. The molecular formula is C20H25ClN2O5S. The van der Waals surface area contributed by atoms with Gasteiger partial charge in [0.1, 0.15) is 24.1 Å². The van der Waals surface area contributed by atoms with Crippen molar-refractivity contribution in [1.82, 2.24) is 5.32 Å². The third-order valence-corrected chi connectivity index (χ3v) is 5.67. The Hall–Kier alpha value is -2.45. The summed E-state index contributed by atoms with van der Waals surface area (Å²) in [6.07, 6.45) is 1.06. The molecule has 0 bridgehead atoms. The number of sulfonamides is 1. The Kier molecular flexibility index (Phi) is 7.75. The molecule has 0 fully saturated rings. The number of rotatable bonds is 9. The van der Waals surface area contributed by atoms with Gasteiger partial charge in [0.05, 0.1) is 25.6 Å². The van der Waals surface area contributed by atoms with Crippen LogP contribution in [0.2, 0.25) is 5.02 Å². The zero-order chi connectivity index (χ0) is 21.6. The molecule has 0 radical (unpaired) electrons. The summed E-state index contributed by atoms with van der Waals surface area (Å²) in [6, 6.07) is 11.1. The summed E-state index contributed by atoms with van der Waals surface area (Å²) in [5.41, 5.74) is 1.07. The molecule has 9 heteroatoms. The number of hydrogen-bond donors (Lipinski definition) is 1. The van der Waals surface area contributed by atoms with Crippen LogP contribution in [-0.2, 0) is 14.8 Å². The lowest BCUT2D eigenvalue weighted by molar-refractivity contribution is -0.121. The second-order valence-corrected chi connectivity index (χ2v) is 8.78. The number of anilines is 1. The number of ether oxygens (including phenoxy) is 2. The van der Waals surface area contributed by atoms with Gasteiger partial charge in [-0.05, 0) is 43.7 Å². The van der Waals surface area contributed by atoms with Crippen molar-refractivity contribution in [1.29, 1.82) is 0 Å². The fourth-order valence-electron chi connectivity index (χ4n) is 2.78. The largest absolute Gasteiger partial charge is 0.497 e. The standard InChI is InChI=1S/C20H25ClN2O5S/c1-14-8-9-16(21)12-19(14)23(29(4,25)26)15(2)20(24)22-10-11-28-18-7-5-6-17(13-18)27-3/h5-9,12-13,15H,10-11H2,1-4H3,(H,22,24)/t15-/m0/s1. The normalized spacial score (nSPS) is 12.2. The molecule has 2 rings (SSSR count). The monoisotopic (exact) mass is 440 g/mol. The summed E-state index contributed by atoms with van der Waals surface area (Å²) >= 11 is 6.03. The van der Waals surface area contributed by atoms with Gasteiger partial charge in [0.2, 0.25) is 15.9 Å². The minimum absolute atomic E-state index is 0.215. The van der Waals surface area contributed by atoms with E-state index in [4.69, 9.17) is 21.1 Å². The maximum Gasteiger partial charge on any atom is 0.243 e. The minimum atomic E-state index is -3.71.